The molecule has 4 heteroatoms. The quantitative estimate of drug-likeness (QED) is 0.801. The zero-order valence-corrected chi connectivity index (χ0v) is 10.9. The molecule has 2 unspecified atom stereocenters. The van der Waals surface area contributed by atoms with Crippen LogP contribution in [-0.4, -0.2) is 20.3 Å². The van der Waals surface area contributed by atoms with Gasteiger partial charge in [0.25, 0.3) is 0 Å². The minimum atomic E-state index is 0.228. The summed E-state index contributed by atoms with van der Waals surface area (Å²) in [6.45, 7) is 5.95. The molecule has 1 aromatic heterocycles. The van der Waals surface area contributed by atoms with Crippen LogP contribution in [0.4, 0.5) is 0 Å². The summed E-state index contributed by atoms with van der Waals surface area (Å²) in [6, 6.07) is 2.16. The van der Waals surface area contributed by atoms with Crippen LogP contribution in [0.5, 0.6) is 0 Å². The number of hydrogen-bond acceptors (Lipinski definition) is 3. The molecule has 0 saturated heterocycles. The lowest BCUT2D eigenvalue weighted by molar-refractivity contribution is 0.170. The molecular formula is C12H20ClNO2. The number of ether oxygens (including phenoxy) is 1. The second-order valence-corrected chi connectivity index (χ2v) is 4.29. The zero-order chi connectivity index (χ0) is 12.0. The molecule has 0 saturated carbocycles. The fourth-order valence-corrected chi connectivity index (χ4v) is 2.07. The van der Waals surface area contributed by atoms with Crippen LogP contribution in [0.2, 0.25) is 5.22 Å². The van der Waals surface area contributed by atoms with Crippen molar-refractivity contribution in [2.45, 2.75) is 26.3 Å². The Balaban J connectivity index is 2.70. The van der Waals surface area contributed by atoms with Gasteiger partial charge < -0.3 is 14.5 Å². The lowest BCUT2D eigenvalue weighted by Crippen LogP contribution is -2.27. The fraction of sp³-hybridized carbons (Fsp3) is 0.667. The lowest BCUT2D eigenvalue weighted by atomic mass is 9.94. The van der Waals surface area contributed by atoms with Gasteiger partial charge >= 0.3 is 0 Å². The predicted molar refractivity (Wildman–Crippen MR) is 65.8 cm³/mol. The molecule has 0 amide bonds. The third-order valence-corrected chi connectivity index (χ3v) is 3.06. The molecule has 1 rings (SSSR count). The van der Waals surface area contributed by atoms with Gasteiger partial charge in [-0.15, -0.1) is 0 Å². The molecule has 2 atom stereocenters. The number of nitrogens with one attached hydrogen (secondary N) is 1. The Kier molecular flexibility index (Phi) is 5.88. The molecule has 0 aliphatic rings. The summed E-state index contributed by atoms with van der Waals surface area (Å²) >= 11 is 6.01. The third-order valence-electron chi connectivity index (χ3n) is 2.75. The van der Waals surface area contributed by atoms with Crippen molar-refractivity contribution in [1.29, 1.82) is 0 Å². The Labute approximate surface area is 102 Å². The second kappa shape index (κ2) is 6.94. The van der Waals surface area contributed by atoms with Gasteiger partial charge in [0.15, 0.2) is 5.22 Å². The summed E-state index contributed by atoms with van der Waals surface area (Å²) in [5.74, 6) is 0.454. The van der Waals surface area contributed by atoms with Gasteiger partial charge in [-0.25, -0.2) is 0 Å². The molecular weight excluding hydrogens is 226 g/mol. The van der Waals surface area contributed by atoms with Crippen molar-refractivity contribution in [1.82, 2.24) is 5.32 Å². The van der Waals surface area contributed by atoms with E-state index in [9.17, 15) is 0 Å². The Morgan fingerprint density at radius 2 is 2.31 bits per heavy atom. The van der Waals surface area contributed by atoms with E-state index in [1.54, 1.807) is 13.4 Å². The molecule has 16 heavy (non-hydrogen) atoms. The summed E-state index contributed by atoms with van der Waals surface area (Å²) in [5, 5.41) is 3.92. The van der Waals surface area contributed by atoms with Crippen LogP contribution in [0.25, 0.3) is 0 Å². The molecule has 0 bridgehead atoms. The monoisotopic (exact) mass is 245 g/mol. The minimum absolute atomic E-state index is 0.228. The van der Waals surface area contributed by atoms with Crippen molar-refractivity contribution < 1.29 is 9.15 Å². The number of hydrogen-bond donors (Lipinski definition) is 1. The van der Waals surface area contributed by atoms with Gasteiger partial charge in [-0.2, -0.15) is 0 Å². The zero-order valence-electron chi connectivity index (χ0n) is 10.1. The van der Waals surface area contributed by atoms with Crippen LogP contribution in [-0.2, 0) is 4.74 Å². The van der Waals surface area contributed by atoms with E-state index in [-0.39, 0.29) is 6.04 Å². The lowest BCUT2D eigenvalue weighted by Gasteiger charge is -2.24. The Morgan fingerprint density at radius 1 is 1.56 bits per heavy atom. The summed E-state index contributed by atoms with van der Waals surface area (Å²) < 4.78 is 10.2. The Hall–Kier alpha value is -0.510. The van der Waals surface area contributed by atoms with E-state index in [1.165, 1.54) is 0 Å². The first-order valence-corrected chi connectivity index (χ1v) is 6.03. The number of halogens is 1. The van der Waals surface area contributed by atoms with Crippen LogP contribution < -0.4 is 5.32 Å². The van der Waals surface area contributed by atoms with Crippen molar-refractivity contribution in [3.05, 3.63) is 23.1 Å². The van der Waals surface area contributed by atoms with E-state index in [1.807, 2.05) is 6.07 Å². The number of furan rings is 1. The number of rotatable bonds is 7. The van der Waals surface area contributed by atoms with Gasteiger partial charge in [0.05, 0.1) is 6.26 Å². The smallest absolute Gasteiger partial charge is 0.197 e. The van der Waals surface area contributed by atoms with Gasteiger partial charge in [0, 0.05) is 25.3 Å². The van der Waals surface area contributed by atoms with Crippen molar-refractivity contribution in [2.75, 3.05) is 20.3 Å². The molecule has 3 nitrogen and oxygen atoms in total. The average molecular weight is 246 g/mol. The van der Waals surface area contributed by atoms with E-state index >= 15 is 0 Å². The molecule has 0 aliphatic carbocycles. The molecule has 0 aromatic carbocycles. The molecule has 0 fully saturated rings. The summed E-state index contributed by atoms with van der Waals surface area (Å²) in [6.07, 6.45) is 2.63. The molecule has 1 heterocycles. The van der Waals surface area contributed by atoms with Crippen LogP contribution >= 0.6 is 11.6 Å². The summed E-state index contributed by atoms with van der Waals surface area (Å²) in [4.78, 5) is 0. The van der Waals surface area contributed by atoms with E-state index in [2.05, 4.69) is 19.2 Å². The Morgan fingerprint density at radius 3 is 2.81 bits per heavy atom. The molecule has 0 radical (unpaired) electrons. The maximum absolute atomic E-state index is 6.01. The van der Waals surface area contributed by atoms with Crippen molar-refractivity contribution in [2.24, 2.45) is 5.92 Å². The predicted octanol–water partition coefficient (Wildman–Crippen LogP) is 3.26. The first-order chi connectivity index (χ1) is 7.70. The first kappa shape index (κ1) is 13.6. The first-order valence-electron chi connectivity index (χ1n) is 5.65. The maximum Gasteiger partial charge on any atom is 0.197 e. The molecule has 92 valence electrons. The molecule has 0 aliphatic heterocycles. The fourth-order valence-electron chi connectivity index (χ4n) is 1.83. The van der Waals surface area contributed by atoms with Gasteiger partial charge in [-0.3, -0.25) is 0 Å². The highest BCUT2D eigenvalue weighted by Gasteiger charge is 2.22. The number of methoxy groups -OCH3 is 1. The van der Waals surface area contributed by atoms with Gasteiger partial charge in [0.2, 0.25) is 0 Å². The second-order valence-electron chi connectivity index (χ2n) is 3.94. The normalized spacial score (nSPS) is 15.0. The SMILES string of the molecule is CCNC(c1ccoc1Cl)C(C)CCOC. The van der Waals surface area contributed by atoms with E-state index in [4.69, 9.17) is 20.8 Å². The highest BCUT2D eigenvalue weighted by molar-refractivity contribution is 6.29. The van der Waals surface area contributed by atoms with E-state index in [0.29, 0.717) is 11.1 Å². The molecule has 1 aromatic rings. The highest BCUT2D eigenvalue weighted by Crippen LogP contribution is 2.30. The summed E-state index contributed by atoms with van der Waals surface area (Å²) in [5.41, 5.74) is 1.03. The van der Waals surface area contributed by atoms with Crippen LogP contribution in [0.15, 0.2) is 16.7 Å². The third kappa shape index (κ3) is 3.51. The minimum Gasteiger partial charge on any atom is -0.453 e. The van der Waals surface area contributed by atoms with Gasteiger partial charge in [-0.05, 0) is 36.6 Å². The summed E-state index contributed by atoms with van der Waals surface area (Å²) in [7, 11) is 1.72. The standard InChI is InChI=1S/C12H20ClNO2/c1-4-14-11(9(2)5-7-15-3)10-6-8-16-12(10)13/h6,8-9,11,14H,4-5,7H2,1-3H3. The van der Waals surface area contributed by atoms with Crippen LogP contribution in [0.3, 0.4) is 0 Å². The van der Waals surface area contributed by atoms with Crippen molar-refractivity contribution in [3.8, 4) is 0 Å². The van der Waals surface area contributed by atoms with E-state index < -0.39 is 0 Å². The molecule has 0 spiro atoms. The van der Waals surface area contributed by atoms with Gasteiger partial charge in [-0.1, -0.05) is 13.8 Å². The maximum atomic E-state index is 6.01. The van der Waals surface area contributed by atoms with Crippen molar-refractivity contribution in [3.63, 3.8) is 0 Å². The van der Waals surface area contributed by atoms with Crippen molar-refractivity contribution >= 4 is 11.6 Å². The van der Waals surface area contributed by atoms with Gasteiger partial charge in [0.1, 0.15) is 0 Å². The topological polar surface area (TPSA) is 34.4 Å². The highest BCUT2D eigenvalue weighted by atomic mass is 35.5. The average Bonchev–Trinajstić information content (AvgIpc) is 2.69. The Bertz CT molecular complexity index is 301. The van der Waals surface area contributed by atoms with Crippen LogP contribution in [0, 0.1) is 5.92 Å². The van der Waals surface area contributed by atoms with Crippen LogP contribution in [0.1, 0.15) is 31.9 Å². The van der Waals surface area contributed by atoms with E-state index in [0.717, 1.165) is 25.1 Å². The molecule has 1 N–H and O–H groups in total. The largest absolute Gasteiger partial charge is 0.453 e.